The molecule has 2 heterocycles. The van der Waals surface area contributed by atoms with Gasteiger partial charge in [0.05, 0.1) is 5.69 Å². The molecular weight excluding hydrogens is 216 g/mol. The molecule has 2 aromatic heterocycles. The Labute approximate surface area is 100 Å². The van der Waals surface area contributed by atoms with Gasteiger partial charge in [-0.2, -0.15) is 0 Å². The Bertz CT molecular complexity index is 452. The maximum Gasteiger partial charge on any atom is 0.115 e. The van der Waals surface area contributed by atoms with Crippen LogP contribution < -0.4 is 5.32 Å². The molecule has 0 bridgehead atoms. The number of nitrogens with one attached hydrogen (secondary N) is 1. The Balaban J connectivity index is 2.13. The molecule has 6 nitrogen and oxygen atoms in total. The van der Waals surface area contributed by atoms with Crippen molar-refractivity contribution in [3.63, 3.8) is 0 Å². The number of aryl methyl sites for hydroxylation is 1. The van der Waals surface area contributed by atoms with Crippen LogP contribution in [-0.2, 0) is 13.5 Å². The molecule has 0 aliphatic carbocycles. The van der Waals surface area contributed by atoms with E-state index in [1.807, 2.05) is 25.6 Å². The summed E-state index contributed by atoms with van der Waals surface area (Å²) in [6, 6.07) is 0.179. The largest absolute Gasteiger partial charge is 0.310 e. The van der Waals surface area contributed by atoms with Crippen molar-refractivity contribution < 1.29 is 0 Å². The fraction of sp³-hybridized carbons (Fsp3) is 0.455. The molecule has 0 spiro atoms. The summed E-state index contributed by atoms with van der Waals surface area (Å²) in [6.07, 6.45) is 7.91. The lowest BCUT2D eigenvalue weighted by Crippen LogP contribution is -2.23. The van der Waals surface area contributed by atoms with Gasteiger partial charge in [0.2, 0.25) is 0 Å². The van der Waals surface area contributed by atoms with Crippen molar-refractivity contribution in [3.05, 3.63) is 36.2 Å². The van der Waals surface area contributed by atoms with Crippen molar-refractivity contribution in [1.29, 1.82) is 0 Å². The van der Waals surface area contributed by atoms with E-state index in [1.165, 1.54) is 6.33 Å². The van der Waals surface area contributed by atoms with Gasteiger partial charge < -0.3 is 5.32 Å². The zero-order chi connectivity index (χ0) is 12.1. The quantitative estimate of drug-likeness (QED) is 0.813. The molecule has 0 saturated carbocycles. The first-order valence-electron chi connectivity index (χ1n) is 5.63. The van der Waals surface area contributed by atoms with Gasteiger partial charge in [-0.15, -0.1) is 5.10 Å². The van der Waals surface area contributed by atoms with Crippen LogP contribution in [0.15, 0.2) is 24.9 Å². The van der Waals surface area contributed by atoms with Crippen LogP contribution >= 0.6 is 0 Å². The van der Waals surface area contributed by atoms with Crippen LogP contribution in [0.25, 0.3) is 0 Å². The summed E-state index contributed by atoms with van der Waals surface area (Å²) < 4.78 is 1.71. The summed E-state index contributed by atoms with van der Waals surface area (Å²) >= 11 is 0. The topological polar surface area (TPSA) is 68.5 Å². The van der Waals surface area contributed by atoms with E-state index in [0.29, 0.717) is 0 Å². The number of hydrogen-bond donors (Lipinski definition) is 1. The number of aromatic nitrogens is 5. The predicted molar refractivity (Wildman–Crippen MR) is 63.2 cm³/mol. The first-order chi connectivity index (χ1) is 8.29. The van der Waals surface area contributed by atoms with E-state index in [4.69, 9.17) is 0 Å². The molecule has 1 N–H and O–H groups in total. The number of nitrogens with zero attached hydrogens (tertiary/aromatic N) is 5. The third kappa shape index (κ3) is 3.07. The highest BCUT2D eigenvalue weighted by atomic mass is 15.4. The normalized spacial score (nSPS) is 12.6. The second kappa shape index (κ2) is 5.49. The summed E-state index contributed by atoms with van der Waals surface area (Å²) in [6.45, 7) is 2.97. The fourth-order valence-electron chi connectivity index (χ4n) is 1.74. The number of hydrogen-bond acceptors (Lipinski definition) is 5. The van der Waals surface area contributed by atoms with Gasteiger partial charge in [0.15, 0.2) is 0 Å². The van der Waals surface area contributed by atoms with Gasteiger partial charge in [-0.3, -0.25) is 4.68 Å². The second-order valence-corrected chi connectivity index (χ2v) is 3.87. The molecule has 90 valence electrons. The Morgan fingerprint density at radius 3 is 2.71 bits per heavy atom. The van der Waals surface area contributed by atoms with Crippen molar-refractivity contribution in [1.82, 2.24) is 30.3 Å². The zero-order valence-electron chi connectivity index (χ0n) is 10.0. The molecule has 2 aromatic rings. The van der Waals surface area contributed by atoms with E-state index < -0.39 is 0 Å². The predicted octanol–water partition coefficient (Wildman–Crippen LogP) is 0.498. The van der Waals surface area contributed by atoms with Crippen LogP contribution in [0.1, 0.15) is 24.2 Å². The molecule has 2 rings (SSSR count). The molecule has 1 atom stereocenters. The van der Waals surface area contributed by atoms with Crippen LogP contribution in [0.2, 0.25) is 0 Å². The van der Waals surface area contributed by atoms with Gasteiger partial charge in [0.1, 0.15) is 6.33 Å². The molecule has 0 aliphatic rings. The highest BCUT2D eigenvalue weighted by Crippen LogP contribution is 2.15. The molecule has 0 radical (unpaired) electrons. The second-order valence-electron chi connectivity index (χ2n) is 3.87. The zero-order valence-corrected chi connectivity index (χ0v) is 10.0. The Hall–Kier alpha value is -1.82. The Morgan fingerprint density at radius 2 is 2.12 bits per heavy atom. The molecule has 0 amide bonds. The Kier molecular flexibility index (Phi) is 3.77. The lowest BCUT2D eigenvalue weighted by molar-refractivity contribution is 0.540. The van der Waals surface area contributed by atoms with E-state index in [2.05, 4.69) is 32.5 Å². The molecular formula is C11H16N6. The fourth-order valence-corrected chi connectivity index (χ4v) is 1.74. The van der Waals surface area contributed by atoms with E-state index in [0.717, 1.165) is 24.2 Å². The maximum atomic E-state index is 4.10. The lowest BCUT2D eigenvalue weighted by atomic mass is 10.1. The summed E-state index contributed by atoms with van der Waals surface area (Å²) in [4.78, 5) is 8.08. The first kappa shape index (κ1) is 11.7. The third-order valence-corrected chi connectivity index (χ3v) is 2.50. The minimum atomic E-state index is 0.179. The SMILES string of the molecule is CCNC(Cc1cn(C)nn1)c1cncnc1. The molecule has 6 heteroatoms. The van der Waals surface area contributed by atoms with Gasteiger partial charge in [0.25, 0.3) is 0 Å². The highest BCUT2D eigenvalue weighted by molar-refractivity contribution is 5.12. The van der Waals surface area contributed by atoms with E-state index in [9.17, 15) is 0 Å². The molecule has 0 aliphatic heterocycles. The molecule has 1 unspecified atom stereocenters. The maximum absolute atomic E-state index is 4.10. The van der Waals surface area contributed by atoms with Crippen LogP contribution in [0.3, 0.4) is 0 Å². The van der Waals surface area contributed by atoms with Crippen LogP contribution in [-0.4, -0.2) is 31.5 Å². The smallest absolute Gasteiger partial charge is 0.115 e. The molecule has 0 fully saturated rings. The highest BCUT2D eigenvalue weighted by Gasteiger charge is 2.13. The molecule has 0 saturated heterocycles. The summed E-state index contributed by atoms with van der Waals surface area (Å²) in [5.74, 6) is 0. The van der Waals surface area contributed by atoms with Gasteiger partial charge in [0, 0.05) is 43.7 Å². The third-order valence-electron chi connectivity index (χ3n) is 2.50. The van der Waals surface area contributed by atoms with Crippen LogP contribution in [0.4, 0.5) is 0 Å². The Morgan fingerprint density at radius 1 is 1.35 bits per heavy atom. The van der Waals surface area contributed by atoms with Crippen molar-refractivity contribution >= 4 is 0 Å². The van der Waals surface area contributed by atoms with E-state index in [-0.39, 0.29) is 6.04 Å². The number of rotatable bonds is 5. The van der Waals surface area contributed by atoms with Crippen LogP contribution in [0.5, 0.6) is 0 Å². The average molecular weight is 232 g/mol. The van der Waals surface area contributed by atoms with Crippen LogP contribution in [0, 0.1) is 0 Å². The molecule has 0 aromatic carbocycles. The lowest BCUT2D eigenvalue weighted by Gasteiger charge is -2.15. The van der Waals surface area contributed by atoms with E-state index >= 15 is 0 Å². The minimum Gasteiger partial charge on any atom is -0.310 e. The monoisotopic (exact) mass is 232 g/mol. The van der Waals surface area contributed by atoms with Crippen molar-refractivity contribution in [2.24, 2.45) is 7.05 Å². The van der Waals surface area contributed by atoms with Gasteiger partial charge >= 0.3 is 0 Å². The van der Waals surface area contributed by atoms with Crippen molar-refractivity contribution in [3.8, 4) is 0 Å². The van der Waals surface area contributed by atoms with E-state index in [1.54, 1.807) is 4.68 Å². The minimum absolute atomic E-state index is 0.179. The molecule has 17 heavy (non-hydrogen) atoms. The van der Waals surface area contributed by atoms with Gasteiger partial charge in [-0.25, -0.2) is 9.97 Å². The van der Waals surface area contributed by atoms with Gasteiger partial charge in [-0.05, 0) is 6.54 Å². The van der Waals surface area contributed by atoms with Gasteiger partial charge in [-0.1, -0.05) is 12.1 Å². The van der Waals surface area contributed by atoms with Crippen molar-refractivity contribution in [2.75, 3.05) is 6.54 Å². The number of likely N-dealkylation sites (N-methyl/N-ethyl adjacent to an activating group) is 1. The van der Waals surface area contributed by atoms with Crippen molar-refractivity contribution in [2.45, 2.75) is 19.4 Å². The summed E-state index contributed by atoms with van der Waals surface area (Å²) in [5, 5.41) is 11.4. The summed E-state index contributed by atoms with van der Waals surface area (Å²) in [7, 11) is 1.87. The summed E-state index contributed by atoms with van der Waals surface area (Å²) in [5.41, 5.74) is 2.03. The standard InChI is InChI=1S/C11H16N6/c1-3-14-11(9-5-12-8-13-6-9)4-10-7-17(2)16-15-10/h5-8,11,14H,3-4H2,1-2H3. The first-order valence-corrected chi connectivity index (χ1v) is 5.63. The average Bonchev–Trinajstić information content (AvgIpc) is 2.75.